The van der Waals surface area contributed by atoms with Crippen molar-refractivity contribution in [2.75, 3.05) is 17.6 Å². The number of anilines is 1. The molecule has 0 saturated heterocycles. The Hall–Kier alpha value is -3.20. The van der Waals surface area contributed by atoms with Crippen LogP contribution in [0.15, 0.2) is 60.0 Å². The first-order chi connectivity index (χ1) is 13.9. The highest BCUT2D eigenvalue weighted by molar-refractivity contribution is 7.99. The van der Waals surface area contributed by atoms with Gasteiger partial charge in [0.1, 0.15) is 0 Å². The highest BCUT2D eigenvalue weighted by Crippen LogP contribution is 2.20. The van der Waals surface area contributed by atoms with Gasteiger partial charge >= 0.3 is 0 Å². The minimum Gasteiger partial charge on any atom is -0.346 e. The lowest BCUT2D eigenvalue weighted by molar-refractivity contribution is -0.122. The molecule has 0 aliphatic carbocycles. The molecular formula is C20H18F2N4O2S. The van der Waals surface area contributed by atoms with E-state index in [4.69, 9.17) is 0 Å². The minimum absolute atomic E-state index is 0.0707. The predicted octanol–water partition coefficient (Wildman–Crippen LogP) is 3.31. The van der Waals surface area contributed by atoms with Gasteiger partial charge in [0, 0.05) is 29.8 Å². The molecule has 0 radical (unpaired) electrons. The first-order valence-electron chi connectivity index (χ1n) is 8.67. The largest absolute Gasteiger partial charge is 0.346 e. The summed E-state index contributed by atoms with van der Waals surface area (Å²) in [7, 11) is 0. The molecular weight excluding hydrogens is 398 g/mol. The van der Waals surface area contributed by atoms with E-state index in [1.807, 2.05) is 42.0 Å². The van der Waals surface area contributed by atoms with Crippen LogP contribution < -0.4 is 10.6 Å². The van der Waals surface area contributed by atoms with Gasteiger partial charge in [0.05, 0.1) is 12.3 Å². The van der Waals surface area contributed by atoms with E-state index in [-0.39, 0.29) is 23.9 Å². The second-order valence-corrected chi connectivity index (χ2v) is 7.10. The van der Waals surface area contributed by atoms with E-state index in [1.165, 1.54) is 17.8 Å². The maximum absolute atomic E-state index is 13.1. The molecule has 2 aromatic carbocycles. The van der Waals surface area contributed by atoms with E-state index in [1.54, 1.807) is 6.20 Å². The number of hydrogen-bond acceptors (Lipinski definition) is 4. The van der Waals surface area contributed by atoms with E-state index in [2.05, 4.69) is 15.6 Å². The average Bonchev–Trinajstić information content (AvgIpc) is 3.16. The molecule has 3 rings (SSSR count). The van der Waals surface area contributed by atoms with Crippen LogP contribution >= 0.6 is 11.8 Å². The van der Waals surface area contributed by atoms with Crippen molar-refractivity contribution in [3.05, 3.63) is 72.1 Å². The van der Waals surface area contributed by atoms with Crippen LogP contribution in [0.5, 0.6) is 0 Å². The van der Waals surface area contributed by atoms with Crippen LogP contribution in [0, 0.1) is 18.6 Å². The summed E-state index contributed by atoms with van der Waals surface area (Å²) < 4.78 is 27.9. The summed E-state index contributed by atoms with van der Waals surface area (Å²) in [5, 5.41) is 5.52. The lowest BCUT2D eigenvalue weighted by Crippen LogP contribution is -2.34. The zero-order valence-corrected chi connectivity index (χ0v) is 16.3. The molecule has 0 fully saturated rings. The molecule has 6 nitrogen and oxygen atoms in total. The van der Waals surface area contributed by atoms with Crippen molar-refractivity contribution in [3.8, 4) is 5.69 Å². The van der Waals surface area contributed by atoms with Crippen molar-refractivity contribution in [2.45, 2.75) is 12.1 Å². The molecule has 0 saturated carbocycles. The van der Waals surface area contributed by atoms with Gasteiger partial charge in [-0.05, 0) is 36.8 Å². The van der Waals surface area contributed by atoms with Crippen LogP contribution in [-0.4, -0.2) is 33.7 Å². The smallest absolute Gasteiger partial charge is 0.243 e. The van der Waals surface area contributed by atoms with Gasteiger partial charge in [0.25, 0.3) is 0 Å². The van der Waals surface area contributed by atoms with Gasteiger partial charge in [-0.2, -0.15) is 0 Å². The summed E-state index contributed by atoms with van der Waals surface area (Å²) in [6.45, 7) is 1.71. The summed E-state index contributed by atoms with van der Waals surface area (Å²) in [6.07, 6.45) is 3.46. The van der Waals surface area contributed by atoms with Gasteiger partial charge in [-0.15, -0.1) is 0 Å². The Morgan fingerprint density at radius 1 is 1.10 bits per heavy atom. The van der Waals surface area contributed by atoms with Crippen molar-refractivity contribution in [1.29, 1.82) is 0 Å². The zero-order chi connectivity index (χ0) is 20.8. The summed E-state index contributed by atoms with van der Waals surface area (Å²) >= 11 is 1.24. The molecule has 2 amide bonds. The molecule has 9 heteroatoms. The van der Waals surface area contributed by atoms with Gasteiger partial charge in [0.2, 0.25) is 11.8 Å². The lowest BCUT2D eigenvalue weighted by Gasteiger charge is -2.09. The van der Waals surface area contributed by atoms with Gasteiger partial charge < -0.3 is 10.6 Å². The van der Waals surface area contributed by atoms with Crippen LogP contribution in [0.2, 0.25) is 0 Å². The van der Waals surface area contributed by atoms with Gasteiger partial charge in [-0.25, -0.2) is 13.8 Å². The number of halogens is 2. The van der Waals surface area contributed by atoms with Gasteiger partial charge in [-0.1, -0.05) is 23.9 Å². The van der Waals surface area contributed by atoms with Crippen molar-refractivity contribution in [2.24, 2.45) is 0 Å². The fourth-order valence-electron chi connectivity index (χ4n) is 2.51. The number of nitrogens with zero attached hydrogens (tertiary/aromatic N) is 2. The SMILES string of the molecule is Cc1cccc(-n2ccnc2SCC(=O)NCC(=O)Nc2ccc(F)c(F)c2)c1. The number of carbonyl (C=O) groups is 2. The molecule has 0 aliphatic heterocycles. The van der Waals surface area contributed by atoms with Crippen LogP contribution in [0.4, 0.5) is 14.5 Å². The quantitative estimate of drug-likeness (QED) is 0.580. The third kappa shape index (κ3) is 5.64. The fourth-order valence-corrected chi connectivity index (χ4v) is 3.31. The molecule has 2 N–H and O–H groups in total. The van der Waals surface area contributed by atoms with Gasteiger partial charge in [0.15, 0.2) is 16.8 Å². The average molecular weight is 416 g/mol. The molecule has 0 aliphatic rings. The topological polar surface area (TPSA) is 76.0 Å². The molecule has 0 atom stereocenters. The minimum atomic E-state index is -1.06. The van der Waals surface area contributed by atoms with Crippen LogP contribution in [0.3, 0.4) is 0 Å². The highest BCUT2D eigenvalue weighted by Gasteiger charge is 2.11. The molecule has 1 aromatic heterocycles. The third-order valence-electron chi connectivity index (χ3n) is 3.87. The number of aryl methyl sites for hydroxylation is 1. The monoisotopic (exact) mass is 416 g/mol. The van der Waals surface area contributed by atoms with Crippen molar-refractivity contribution in [1.82, 2.24) is 14.9 Å². The Kier molecular flexibility index (Phi) is 6.61. The first-order valence-corrected chi connectivity index (χ1v) is 9.66. The fraction of sp³-hybridized carbons (Fsp3) is 0.150. The highest BCUT2D eigenvalue weighted by atomic mass is 32.2. The summed E-state index contributed by atoms with van der Waals surface area (Å²) in [5.74, 6) is -2.89. The molecule has 150 valence electrons. The summed E-state index contributed by atoms with van der Waals surface area (Å²) in [6, 6.07) is 10.9. The second kappa shape index (κ2) is 9.33. The predicted molar refractivity (Wildman–Crippen MR) is 107 cm³/mol. The van der Waals surface area contributed by atoms with E-state index in [0.29, 0.717) is 5.16 Å². The molecule has 29 heavy (non-hydrogen) atoms. The number of benzene rings is 2. The number of thioether (sulfide) groups is 1. The number of amides is 2. The maximum Gasteiger partial charge on any atom is 0.243 e. The number of hydrogen-bond donors (Lipinski definition) is 2. The Bertz CT molecular complexity index is 1040. The normalized spacial score (nSPS) is 10.6. The molecule has 0 unspecified atom stereocenters. The third-order valence-corrected chi connectivity index (χ3v) is 4.84. The molecule has 0 spiro atoms. The first kappa shape index (κ1) is 20.5. The van der Waals surface area contributed by atoms with E-state index in [9.17, 15) is 18.4 Å². The van der Waals surface area contributed by atoms with Crippen LogP contribution in [-0.2, 0) is 9.59 Å². The van der Waals surface area contributed by atoms with Gasteiger partial charge in [-0.3, -0.25) is 14.2 Å². The number of imidazole rings is 1. The van der Waals surface area contributed by atoms with E-state index >= 15 is 0 Å². The molecule has 1 heterocycles. The van der Waals surface area contributed by atoms with E-state index in [0.717, 1.165) is 23.4 Å². The van der Waals surface area contributed by atoms with Crippen LogP contribution in [0.25, 0.3) is 5.69 Å². The maximum atomic E-state index is 13.1. The molecule has 0 bridgehead atoms. The zero-order valence-electron chi connectivity index (χ0n) is 15.5. The number of rotatable bonds is 7. The van der Waals surface area contributed by atoms with Crippen molar-refractivity contribution >= 4 is 29.3 Å². The van der Waals surface area contributed by atoms with E-state index < -0.39 is 17.5 Å². The second-order valence-electron chi connectivity index (χ2n) is 6.16. The standard InChI is InChI=1S/C20H18F2N4O2S/c1-13-3-2-4-15(9-13)26-8-7-23-20(26)29-12-19(28)24-11-18(27)25-14-5-6-16(21)17(22)10-14/h2-10H,11-12H2,1H3,(H,24,28)(H,25,27). The number of nitrogens with one attached hydrogen (secondary N) is 2. The Labute approximate surface area is 170 Å². The summed E-state index contributed by atoms with van der Waals surface area (Å²) in [5.41, 5.74) is 2.16. The van der Waals surface area contributed by atoms with Crippen LogP contribution in [0.1, 0.15) is 5.56 Å². The van der Waals surface area contributed by atoms with Crippen molar-refractivity contribution in [3.63, 3.8) is 0 Å². The number of carbonyl (C=O) groups excluding carboxylic acids is 2. The Morgan fingerprint density at radius 2 is 1.93 bits per heavy atom. The summed E-state index contributed by atoms with van der Waals surface area (Å²) in [4.78, 5) is 28.2. The molecule has 3 aromatic rings. The Balaban J connectivity index is 1.49. The lowest BCUT2D eigenvalue weighted by atomic mass is 10.2. The van der Waals surface area contributed by atoms with Crippen molar-refractivity contribution < 1.29 is 18.4 Å². The number of aromatic nitrogens is 2. The Morgan fingerprint density at radius 3 is 2.69 bits per heavy atom.